The van der Waals surface area contributed by atoms with E-state index in [4.69, 9.17) is 23.2 Å². The number of hydrazine groups is 1. The Morgan fingerprint density at radius 3 is 2.76 bits per heavy atom. The highest BCUT2D eigenvalue weighted by atomic mass is 35.5. The van der Waals surface area contributed by atoms with Gasteiger partial charge in [-0.3, -0.25) is 10.8 Å². The third-order valence-electron chi connectivity index (χ3n) is 2.45. The van der Waals surface area contributed by atoms with Crippen LogP contribution in [0.4, 0.5) is 5.69 Å². The van der Waals surface area contributed by atoms with Crippen molar-refractivity contribution in [3.8, 4) is 0 Å². The van der Waals surface area contributed by atoms with Gasteiger partial charge in [0.25, 0.3) is 0 Å². The molecular weight excluding hydrogens is 238 g/mol. The first kappa shape index (κ1) is 11.8. The van der Waals surface area contributed by atoms with Gasteiger partial charge in [-0.05, 0) is 23.8 Å². The number of rotatable bonds is 3. The second-order valence-corrected chi connectivity index (χ2v) is 3.90. The van der Waals surface area contributed by atoms with Gasteiger partial charge in [0.15, 0.2) is 0 Å². The van der Waals surface area contributed by atoms with Crippen LogP contribution in [0.25, 0.3) is 0 Å². The van der Waals surface area contributed by atoms with Gasteiger partial charge in [-0.15, -0.1) is 0 Å². The molecule has 17 heavy (non-hydrogen) atoms. The van der Waals surface area contributed by atoms with Crippen LogP contribution in [0, 0.1) is 0 Å². The lowest BCUT2D eigenvalue weighted by Crippen LogP contribution is -2.29. The average molecular weight is 250 g/mol. The summed E-state index contributed by atoms with van der Waals surface area (Å²) >= 11 is 5.85. The smallest absolute Gasteiger partial charge is 0.129 e. The third-order valence-corrected chi connectivity index (χ3v) is 2.66. The summed E-state index contributed by atoms with van der Waals surface area (Å²) in [7, 11) is 0. The van der Waals surface area contributed by atoms with Crippen LogP contribution < -0.4 is 17.0 Å². The van der Waals surface area contributed by atoms with Crippen LogP contribution in [0.3, 0.4) is 0 Å². The second kappa shape index (κ2) is 5.09. The molecule has 0 spiro atoms. The topological polar surface area (TPSA) is 89.8 Å². The maximum absolute atomic E-state index is 5.89. The van der Waals surface area contributed by atoms with Crippen LogP contribution >= 0.6 is 11.6 Å². The Hall–Kier alpha value is -1.69. The molecule has 88 valence electrons. The largest absolute Gasteiger partial charge is 0.398 e. The molecule has 2 aromatic rings. The summed E-state index contributed by atoms with van der Waals surface area (Å²) in [5.74, 6) is 5.56. The lowest BCUT2D eigenvalue weighted by Gasteiger charge is -2.18. The van der Waals surface area contributed by atoms with E-state index in [1.165, 1.54) is 0 Å². The number of anilines is 1. The summed E-state index contributed by atoms with van der Waals surface area (Å²) in [5, 5.41) is 0.408. The third kappa shape index (κ3) is 2.52. The average Bonchev–Trinajstić information content (AvgIpc) is 2.33. The van der Waals surface area contributed by atoms with Crippen LogP contribution in [-0.2, 0) is 0 Å². The fourth-order valence-electron chi connectivity index (χ4n) is 1.62. The van der Waals surface area contributed by atoms with Gasteiger partial charge in [-0.2, -0.15) is 0 Å². The van der Waals surface area contributed by atoms with Gasteiger partial charge in [0, 0.05) is 29.8 Å². The molecule has 5 nitrogen and oxygen atoms in total. The Bertz CT molecular complexity index is 517. The van der Waals surface area contributed by atoms with E-state index in [-0.39, 0.29) is 6.04 Å². The first-order chi connectivity index (χ1) is 8.22. The van der Waals surface area contributed by atoms with Crippen molar-refractivity contribution in [2.45, 2.75) is 6.04 Å². The summed E-state index contributed by atoms with van der Waals surface area (Å²) < 4.78 is 0. The number of nitrogens with one attached hydrogen (secondary N) is 1. The predicted octanol–water partition coefficient (Wildman–Crippen LogP) is 1.26. The molecule has 2 aromatic heterocycles. The normalized spacial score (nSPS) is 12.4. The molecule has 0 saturated heterocycles. The van der Waals surface area contributed by atoms with E-state index in [1.54, 1.807) is 30.7 Å². The quantitative estimate of drug-likeness (QED) is 0.433. The summed E-state index contributed by atoms with van der Waals surface area (Å²) in [5.41, 5.74) is 10.9. The van der Waals surface area contributed by atoms with Crippen LogP contribution in [-0.4, -0.2) is 9.97 Å². The van der Waals surface area contributed by atoms with Crippen molar-refractivity contribution in [3.63, 3.8) is 0 Å². The van der Waals surface area contributed by atoms with Crippen molar-refractivity contribution in [3.05, 3.63) is 53.1 Å². The zero-order valence-electron chi connectivity index (χ0n) is 8.97. The van der Waals surface area contributed by atoms with E-state index in [9.17, 15) is 0 Å². The van der Waals surface area contributed by atoms with E-state index >= 15 is 0 Å². The van der Waals surface area contributed by atoms with Crippen molar-refractivity contribution in [1.82, 2.24) is 15.4 Å². The number of nitrogen functional groups attached to an aromatic ring is 1. The molecule has 0 aliphatic carbocycles. The highest BCUT2D eigenvalue weighted by Crippen LogP contribution is 2.25. The Kier molecular flexibility index (Phi) is 3.53. The number of nitrogens with two attached hydrogens (primary N) is 2. The molecule has 0 saturated carbocycles. The minimum absolute atomic E-state index is 0.260. The first-order valence-electron chi connectivity index (χ1n) is 4.99. The number of halogens is 1. The Morgan fingerprint density at radius 1 is 1.29 bits per heavy atom. The number of pyridine rings is 2. The first-order valence-corrected chi connectivity index (χ1v) is 5.37. The maximum Gasteiger partial charge on any atom is 0.129 e. The van der Waals surface area contributed by atoms with E-state index in [0.717, 1.165) is 11.1 Å². The molecule has 1 unspecified atom stereocenters. The van der Waals surface area contributed by atoms with Gasteiger partial charge in [0.05, 0.1) is 6.04 Å². The number of aromatic nitrogens is 2. The van der Waals surface area contributed by atoms with Crippen LogP contribution in [0.2, 0.25) is 5.15 Å². The van der Waals surface area contributed by atoms with E-state index in [2.05, 4.69) is 15.4 Å². The number of nitrogens with zero attached hydrogens (tertiary/aromatic N) is 2. The fourth-order valence-corrected chi connectivity index (χ4v) is 1.80. The Labute approximate surface area is 104 Å². The molecule has 5 N–H and O–H groups in total. The van der Waals surface area contributed by atoms with Crippen LogP contribution in [0.15, 0.2) is 36.8 Å². The number of hydrogen-bond donors (Lipinski definition) is 3. The van der Waals surface area contributed by atoms with Crippen molar-refractivity contribution in [1.29, 1.82) is 0 Å². The molecule has 0 aromatic carbocycles. The summed E-state index contributed by atoms with van der Waals surface area (Å²) in [4.78, 5) is 7.96. The van der Waals surface area contributed by atoms with Crippen molar-refractivity contribution < 1.29 is 0 Å². The highest BCUT2D eigenvalue weighted by molar-refractivity contribution is 6.29. The SMILES string of the molecule is NNC(c1ccnc(Cl)c1)c1cnccc1N. The molecule has 0 radical (unpaired) electrons. The van der Waals surface area contributed by atoms with Gasteiger partial charge in [-0.1, -0.05) is 11.6 Å². The molecule has 0 aliphatic heterocycles. The number of hydrogen-bond acceptors (Lipinski definition) is 5. The van der Waals surface area contributed by atoms with Crippen molar-refractivity contribution in [2.75, 3.05) is 5.73 Å². The van der Waals surface area contributed by atoms with Crippen molar-refractivity contribution >= 4 is 17.3 Å². The standard InChI is InChI=1S/C11H12ClN5/c12-10-5-7(1-4-16-10)11(17-14)8-6-15-3-2-9(8)13/h1-6,11,17H,14H2,(H2,13,15). The lowest BCUT2D eigenvalue weighted by molar-refractivity contribution is 0.635. The lowest BCUT2D eigenvalue weighted by atomic mass is 10.0. The van der Waals surface area contributed by atoms with Gasteiger partial charge in [-0.25, -0.2) is 10.4 Å². The van der Waals surface area contributed by atoms with E-state index in [0.29, 0.717) is 10.8 Å². The molecule has 6 heteroatoms. The Balaban J connectivity index is 2.44. The molecule has 1 atom stereocenters. The van der Waals surface area contributed by atoms with E-state index in [1.807, 2.05) is 6.07 Å². The summed E-state index contributed by atoms with van der Waals surface area (Å²) in [6.07, 6.45) is 4.93. The molecule has 0 fully saturated rings. The highest BCUT2D eigenvalue weighted by Gasteiger charge is 2.15. The molecular formula is C11H12ClN5. The second-order valence-electron chi connectivity index (χ2n) is 3.52. The molecule has 0 aliphatic rings. The monoisotopic (exact) mass is 249 g/mol. The van der Waals surface area contributed by atoms with Crippen LogP contribution in [0.5, 0.6) is 0 Å². The molecule has 2 rings (SSSR count). The predicted molar refractivity (Wildman–Crippen MR) is 67.1 cm³/mol. The zero-order chi connectivity index (χ0) is 12.3. The van der Waals surface area contributed by atoms with Crippen LogP contribution in [0.1, 0.15) is 17.2 Å². The molecule has 0 bridgehead atoms. The Morgan fingerprint density at radius 2 is 2.12 bits per heavy atom. The maximum atomic E-state index is 5.89. The zero-order valence-corrected chi connectivity index (χ0v) is 9.72. The molecule has 2 heterocycles. The van der Waals surface area contributed by atoms with Gasteiger partial charge in [0.2, 0.25) is 0 Å². The minimum atomic E-state index is -0.260. The fraction of sp³-hybridized carbons (Fsp3) is 0.0909. The van der Waals surface area contributed by atoms with Crippen molar-refractivity contribution in [2.24, 2.45) is 5.84 Å². The van der Waals surface area contributed by atoms with E-state index < -0.39 is 0 Å². The molecule has 0 amide bonds. The van der Waals surface area contributed by atoms with Gasteiger partial charge in [0.1, 0.15) is 5.15 Å². The summed E-state index contributed by atoms with van der Waals surface area (Å²) in [6, 6.07) is 5.02. The minimum Gasteiger partial charge on any atom is -0.398 e. The summed E-state index contributed by atoms with van der Waals surface area (Å²) in [6.45, 7) is 0. The van der Waals surface area contributed by atoms with Gasteiger partial charge >= 0.3 is 0 Å². The van der Waals surface area contributed by atoms with Gasteiger partial charge < -0.3 is 5.73 Å².